The van der Waals surface area contributed by atoms with Crippen molar-refractivity contribution in [3.8, 4) is 0 Å². The number of aldehydes is 1. The molecule has 72 valence electrons. The third-order valence-corrected chi connectivity index (χ3v) is 2.18. The first-order valence-corrected chi connectivity index (χ1v) is 4.86. The molecule has 0 saturated heterocycles. The lowest BCUT2D eigenvalue weighted by atomic mass is 9.88. The number of carbonyl (C=O) groups is 1. The summed E-state index contributed by atoms with van der Waals surface area (Å²) < 4.78 is 9.77. The van der Waals surface area contributed by atoms with Gasteiger partial charge in [-0.15, -0.1) is 0 Å². The highest BCUT2D eigenvalue weighted by Gasteiger charge is 2.25. The van der Waals surface area contributed by atoms with Crippen LogP contribution in [0.3, 0.4) is 0 Å². The maximum Gasteiger partial charge on any atom is 0.247 e. The molecule has 0 unspecified atom stereocenters. The minimum Gasteiger partial charge on any atom is -0.413 e. The molecule has 5 heteroatoms. The molecule has 0 bridgehead atoms. The average molecular weight is 214 g/mol. The van der Waals surface area contributed by atoms with Crippen LogP contribution in [0.5, 0.6) is 0 Å². The van der Waals surface area contributed by atoms with Crippen LogP contribution in [0.2, 0.25) is 0 Å². The summed E-state index contributed by atoms with van der Waals surface area (Å²) in [6.07, 6.45) is 0.563. The maximum atomic E-state index is 10.6. The van der Waals surface area contributed by atoms with Crippen molar-refractivity contribution >= 4 is 27.3 Å². The first kappa shape index (κ1) is 13.0. The molecule has 0 aliphatic heterocycles. The second-order valence-electron chi connectivity index (χ2n) is 4.14. The molecular weight excluding hydrogens is 200 g/mol. The quantitative estimate of drug-likeness (QED) is 0.495. The minimum atomic E-state index is -0.589. The Bertz CT molecular complexity index is 156. The van der Waals surface area contributed by atoms with Gasteiger partial charge >= 0.3 is 0 Å². The van der Waals surface area contributed by atoms with Crippen LogP contribution in [0.15, 0.2) is 0 Å². The Kier molecular flexibility index (Phi) is 5.70. The highest BCUT2D eigenvalue weighted by molar-refractivity contribution is 5.99. The predicted octanol–water partition coefficient (Wildman–Crippen LogP) is 0.559. The standard InChI is InChI=1S/C8H14O3Si2/c1-8(2,3)4-6(10-12)7(5-9)11-13/h5-7H,4H2,1-3H3/t6-,7+/m1/s1. The van der Waals surface area contributed by atoms with Gasteiger partial charge in [0.2, 0.25) is 21.0 Å². The van der Waals surface area contributed by atoms with Gasteiger partial charge in [-0.05, 0) is 11.8 Å². The molecule has 6 radical (unpaired) electrons. The summed E-state index contributed by atoms with van der Waals surface area (Å²) in [4.78, 5) is 10.6. The van der Waals surface area contributed by atoms with Gasteiger partial charge in [0, 0.05) is 0 Å². The van der Waals surface area contributed by atoms with Crippen LogP contribution < -0.4 is 0 Å². The van der Waals surface area contributed by atoms with Crippen LogP contribution in [0.1, 0.15) is 27.2 Å². The lowest BCUT2D eigenvalue weighted by Crippen LogP contribution is -2.35. The van der Waals surface area contributed by atoms with Gasteiger partial charge in [0.05, 0.1) is 6.10 Å². The lowest BCUT2D eigenvalue weighted by Gasteiger charge is -2.28. The number of hydrogen-bond donors (Lipinski definition) is 0. The van der Waals surface area contributed by atoms with E-state index in [4.69, 9.17) is 8.85 Å². The number of hydrogen-bond acceptors (Lipinski definition) is 3. The van der Waals surface area contributed by atoms with E-state index in [0.717, 1.165) is 6.42 Å². The van der Waals surface area contributed by atoms with Crippen LogP contribution in [0.4, 0.5) is 0 Å². The molecule has 0 aliphatic rings. The van der Waals surface area contributed by atoms with Gasteiger partial charge in [0.25, 0.3) is 0 Å². The van der Waals surface area contributed by atoms with Gasteiger partial charge in [-0.2, -0.15) is 0 Å². The molecule has 0 heterocycles. The van der Waals surface area contributed by atoms with Crippen LogP contribution in [-0.2, 0) is 13.6 Å². The maximum absolute atomic E-state index is 10.6. The summed E-state index contributed by atoms with van der Waals surface area (Å²) in [6.45, 7) is 6.21. The van der Waals surface area contributed by atoms with E-state index in [1.54, 1.807) is 0 Å². The molecule has 0 aromatic heterocycles. The lowest BCUT2D eigenvalue weighted by molar-refractivity contribution is -0.117. The molecule has 3 nitrogen and oxygen atoms in total. The van der Waals surface area contributed by atoms with Crippen molar-refractivity contribution < 1.29 is 13.6 Å². The summed E-state index contributed by atoms with van der Waals surface area (Å²) in [5, 5.41) is 0. The smallest absolute Gasteiger partial charge is 0.247 e. The summed E-state index contributed by atoms with van der Waals surface area (Å²) in [6, 6.07) is 0. The van der Waals surface area contributed by atoms with Gasteiger partial charge in [-0.25, -0.2) is 0 Å². The van der Waals surface area contributed by atoms with E-state index in [2.05, 4.69) is 41.7 Å². The van der Waals surface area contributed by atoms with E-state index in [1.807, 2.05) is 0 Å². The molecule has 0 amide bonds. The van der Waals surface area contributed by atoms with Crippen LogP contribution in [0.25, 0.3) is 0 Å². The molecule has 0 aromatic rings. The van der Waals surface area contributed by atoms with Gasteiger partial charge in [-0.3, -0.25) is 0 Å². The van der Waals surface area contributed by atoms with E-state index in [0.29, 0.717) is 6.29 Å². The summed E-state index contributed by atoms with van der Waals surface area (Å²) in [5.41, 5.74) is 0.0866. The van der Waals surface area contributed by atoms with Gasteiger partial charge in [0.15, 0.2) is 0 Å². The van der Waals surface area contributed by atoms with E-state index in [9.17, 15) is 4.79 Å². The van der Waals surface area contributed by atoms with Crippen molar-refractivity contribution in [3.63, 3.8) is 0 Å². The SMILES string of the molecule is CC(C)(C)C[C@@H](O[Si])[C@H](C=O)O[Si]. The monoisotopic (exact) mass is 214 g/mol. The van der Waals surface area contributed by atoms with Gasteiger partial charge in [-0.1, -0.05) is 20.8 Å². The predicted molar refractivity (Wildman–Crippen MR) is 51.4 cm³/mol. The topological polar surface area (TPSA) is 35.5 Å². The summed E-state index contributed by atoms with van der Waals surface area (Å²) in [7, 11) is 5.78. The first-order valence-electron chi connectivity index (χ1n) is 4.04. The molecule has 0 aromatic carbocycles. The van der Waals surface area contributed by atoms with Crippen LogP contribution >= 0.6 is 0 Å². The minimum absolute atomic E-state index is 0.0866. The summed E-state index contributed by atoms with van der Waals surface area (Å²) >= 11 is 0. The zero-order valence-corrected chi connectivity index (χ0v) is 10.2. The molecule has 0 N–H and O–H groups in total. The fourth-order valence-electron chi connectivity index (χ4n) is 1.02. The zero-order valence-electron chi connectivity index (χ0n) is 8.16. The van der Waals surface area contributed by atoms with E-state index >= 15 is 0 Å². The summed E-state index contributed by atoms with van der Waals surface area (Å²) in [5.74, 6) is 0. The van der Waals surface area contributed by atoms with Crippen molar-refractivity contribution in [1.82, 2.24) is 0 Å². The van der Waals surface area contributed by atoms with Crippen molar-refractivity contribution in [2.75, 3.05) is 0 Å². The first-order chi connectivity index (χ1) is 5.94. The molecule has 2 atom stereocenters. The Morgan fingerprint density at radius 3 is 2.08 bits per heavy atom. The van der Waals surface area contributed by atoms with Crippen molar-refractivity contribution in [1.29, 1.82) is 0 Å². The molecule has 0 aliphatic carbocycles. The highest BCUT2D eigenvalue weighted by atomic mass is 28.2. The van der Waals surface area contributed by atoms with Crippen molar-refractivity contribution in [3.05, 3.63) is 0 Å². The zero-order chi connectivity index (χ0) is 10.5. The van der Waals surface area contributed by atoms with E-state index < -0.39 is 6.10 Å². The van der Waals surface area contributed by atoms with Crippen LogP contribution in [0, 0.1) is 5.41 Å². The van der Waals surface area contributed by atoms with Crippen molar-refractivity contribution in [2.45, 2.75) is 39.4 Å². The van der Waals surface area contributed by atoms with Gasteiger partial charge < -0.3 is 13.6 Å². The number of carbonyl (C=O) groups excluding carboxylic acids is 1. The molecule has 0 spiro atoms. The normalized spacial score (nSPS) is 16.7. The van der Waals surface area contributed by atoms with Crippen molar-refractivity contribution in [2.24, 2.45) is 5.41 Å². The molecule has 0 rings (SSSR count). The Balaban J connectivity index is 4.23. The molecular formula is C8H14O3Si2. The van der Waals surface area contributed by atoms with E-state index in [-0.39, 0.29) is 11.5 Å². The second kappa shape index (κ2) is 5.69. The number of rotatable bonds is 5. The molecule has 0 fully saturated rings. The van der Waals surface area contributed by atoms with Gasteiger partial charge in [0.1, 0.15) is 12.4 Å². The Hall–Kier alpha value is 0.0238. The largest absolute Gasteiger partial charge is 0.413 e. The average Bonchev–Trinajstić information content (AvgIpc) is 2.02. The Morgan fingerprint density at radius 1 is 1.31 bits per heavy atom. The highest BCUT2D eigenvalue weighted by Crippen LogP contribution is 2.23. The fraction of sp³-hybridized carbons (Fsp3) is 0.875. The third kappa shape index (κ3) is 5.35. The molecule has 0 saturated carbocycles. The molecule has 13 heavy (non-hydrogen) atoms. The Morgan fingerprint density at radius 2 is 1.85 bits per heavy atom. The fourth-order valence-corrected chi connectivity index (χ4v) is 1.44. The Labute approximate surface area is 86.3 Å². The van der Waals surface area contributed by atoms with Crippen LogP contribution in [-0.4, -0.2) is 39.5 Å². The van der Waals surface area contributed by atoms with E-state index in [1.165, 1.54) is 0 Å². The third-order valence-electron chi connectivity index (χ3n) is 1.60. The second-order valence-corrected chi connectivity index (χ2v) is 4.61.